The summed E-state index contributed by atoms with van der Waals surface area (Å²) in [6.45, 7) is 6.73. The van der Waals surface area contributed by atoms with E-state index >= 15 is 0 Å². The van der Waals surface area contributed by atoms with Crippen LogP contribution in [-0.4, -0.2) is 4.57 Å². The number of benzene rings is 1. The van der Waals surface area contributed by atoms with Crippen LogP contribution in [0.3, 0.4) is 0 Å². The molecule has 0 radical (unpaired) electrons. The minimum Gasteiger partial charge on any atom is -0.351 e. The van der Waals surface area contributed by atoms with Gasteiger partial charge in [-0.1, -0.05) is 44.2 Å². The number of aryl methyl sites for hydroxylation is 1. The van der Waals surface area contributed by atoms with Crippen LogP contribution in [0.2, 0.25) is 0 Å². The van der Waals surface area contributed by atoms with Crippen molar-refractivity contribution in [1.82, 2.24) is 4.57 Å². The average Bonchev–Trinajstić information content (AvgIpc) is 2.83. The van der Waals surface area contributed by atoms with Crippen LogP contribution in [0, 0.1) is 0 Å². The van der Waals surface area contributed by atoms with E-state index in [2.05, 4.69) is 68.1 Å². The van der Waals surface area contributed by atoms with Crippen LogP contribution in [0.25, 0.3) is 11.1 Å². The van der Waals surface area contributed by atoms with Gasteiger partial charge in [0, 0.05) is 24.0 Å². The zero-order valence-corrected chi connectivity index (χ0v) is 11.0. The molecular formula is C16H21N. The maximum Gasteiger partial charge on any atom is 0.0300 e. The van der Waals surface area contributed by atoms with E-state index < -0.39 is 0 Å². The number of nitrogens with zero attached hydrogens (tertiary/aromatic N) is 1. The highest BCUT2D eigenvalue weighted by molar-refractivity contribution is 5.66. The lowest BCUT2D eigenvalue weighted by Gasteiger charge is -2.09. The largest absolute Gasteiger partial charge is 0.351 e. The van der Waals surface area contributed by atoms with Crippen LogP contribution in [0.4, 0.5) is 0 Å². The van der Waals surface area contributed by atoms with Crippen molar-refractivity contribution in [2.75, 3.05) is 0 Å². The second-order valence-electron chi connectivity index (χ2n) is 4.62. The van der Waals surface area contributed by atoms with Crippen molar-refractivity contribution in [1.29, 1.82) is 0 Å². The van der Waals surface area contributed by atoms with Crippen LogP contribution >= 0.6 is 0 Å². The average molecular weight is 227 g/mol. The van der Waals surface area contributed by atoms with Crippen molar-refractivity contribution in [2.24, 2.45) is 0 Å². The summed E-state index contributed by atoms with van der Waals surface area (Å²) in [7, 11) is 0. The third kappa shape index (κ3) is 2.44. The van der Waals surface area contributed by atoms with Gasteiger partial charge in [0.25, 0.3) is 0 Å². The van der Waals surface area contributed by atoms with Gasteiger partial charge in [0.2, 0.25) is 0 Å². The Labute approximate surface area is 104 Å². The van der Waals surface area contributed by atoms with Gasteiger partial charge in [-0.25, -0.2) is 0 Å². The third-order valence-electron chi connectivity index (χ3n) is 3.49. The minimum absolute atomic E-state index is 0.581. The Morgan fingerprint density at radius 2 is 1.76 bits per heavy atom. The molecule has 0 saturated heterocycles. The van der Waals surface area contributed by atoms with E-state index in [4.69, 9.17) is 0 Å². The molecule has 1 aromatic carbocycles. The lowest BCUT2D eigenvalue weighted by Crippen LogP contribution is -1.99. The molecule has 17 heavy (non-hydrogen) atoms. The maximum atomic E-state index is 2.35. The first-order valence-electron chi connectivity index (χ1n) is 6.52. The van der Waals surface area contributed by atoms with Gasteiger partial charge in [0.15, 0.2) is 0 Å². The van der Waals surface area contributed by atoms with E-state index in [1.807, 2.05) is 0 Å². The standard InChI is InChI=1S/C16H21N/c1-4-13(3)17-11-14(5-2)16(12-17)15-9-7-6-8-10-15/h6-13H,4-5H2,1-3H3. The van der Waals surface area contributed by atoms with Crippen LogP contribution in [-0.2, 0) is 6.42 Å². The van der Waals surface area contributed by atoms with Crippen LogP contribution in [0.15, 0.2) is 42.7 Å². The highest BCUT2D eigenvalue weighted by Gasteiger charge is 2.09. The lowest BCUT2D eigenvalue weighted by atomic mass is 10.0. The van der Waals surface area contributed by atoms with Gasteiger partial charge in [0.1, 0.15) is 0 Å². The molecule has 90 valence electrons. The van der Waals surface area contributed by atoms with Gasteiger partial charge < -0.3 is 4.57 Å². The SMILES string of the molecule is CCc1cn(C(C)CC)cc1-c1ccccc1. The van der Waals surface area contributed by atoms with E-state index in [0.717, 1.165) is 6.42 Å². The summed E-state index contributed by atoms with van der Waals surface area (Å²) in [5, 5.41) is 0. The fourth-order valence-electron chi connectivity index (χ4n) is 2.14. The van der Waals surface area contributed by atoms with Crippen molar-refractivity contribution in [3.8, 4) is 11.1 Å². The molecule has 0 aliphatic carbocycles. The minimum atomic E-state index is 0.581. The second-order valence-corrected chi connectivity index (χ2v) is 4.62. The predicted octanol–water partition coefficient (Wildman–Crippen LogP) is 4.69. The summed E-state index contributed by atoms with van der Waals surface area (Å²) in [4.78, 5) is 0. The zero-order valence-electron chi connectivity index (χ0n) is 11.0. The number of rotatable bonds is 4. The van der Waals surface area contributed by atoms with Crippen molar-refractivity contribution >= 4 is 0 Å². The molecule has 1 nitrogen and oxygen atoms in total. The van der Waals surface area contributed by atoms with E-state index in [1.54, 1.807) is 0 Å². The number of hydrogen-bond donors (Lipinski definition) is 0. The molecule has 2 aromatic rings. The van der Waals surface area contributed by atoms with E-state index in [9.17, 15) is 0 Å². The molecule has 0 aliphatic rings. The first-order valence-corrected chi connectivity index (χ1v) is 6.52. The van der Waals surface area contributed by atoms with Gasteiger partial charge in [-0.2, -0.15) is 0 Å². The molecule has 1 atom stereocenters. The van der Waals surface area contributed by atoms with Gasteiger partial charge in [-0.15, -0.1) is 0 Å². The van der Waals surface area contributed by atoms with Crippen molar-refractivity contribution in [2.45, 2.75) is 39.7 Å². The second kappa shape index (κ2) is 5.22. The number of aromatic nitrogens is 1. The molecule has 1 heterocycles. The fraction of sp³-hybridized carbons (Fsp3) is 0.375. The molecule has 0 fully saturated rings. The normalized spacial score (nSPS) is 12.6. The lowest BCUT2D eigenvalue weighted by molar-refractivity contribution is 0.532. The Morgan fingerprint density at radius 1 is 1.06 bits per heavy atom. The van der Waals surface area contributed by atoms with Gasteiger partial charge >= 0.3 is 0 Å². The summed E-state index contributed by atoms with van der Waals surface area (Å²) < 4.78 is 2.35. The third-order valence-corrected chi connectivity index (χ3v) is 3.49. The van der Waals surface area contributed by atoms with Crippen LogP contribution in [0.1, 0.15) is 38.8 Å². The smallest absolute Gasteiger partial charge is 0.0300 e. The molecule has 0 aliphatic heterocycles. The molecule has 0 N–H and O–H groups in total. The van der Waals surface area contributed by atoms with Crippen molar-refractivity contribution in [3.63, 3.8) is 0 Å². The molecule has 0 bridgehead atoms. The van der Waals surface area contributed by atoms with Gasteiger partial charge in [0.05, 0.1) is 0 Å². The number of hydrogen-bond acceptors (Lipinski definition) is 0. The molecule has 0 amide bonds. The maximum absolute atomic E-state index is 2.35. The topological polar surface area (TPSA) is 4.93 Å². The highest BCUT2D eigenvalue weighted by Crippen LogP contribution is 2.27. The molecule has 1 aromatic heterocycles. The van der Waals surface area contributed by atoms with Crippen LogP contribution < -0.4 is 0 Å². The summed E-state index contributed by atoms with van der Waals surface area (Å²) in [6, 6.07) is 11.2. The zero-order chi connectivity index (χ0) is 12.3. The van der Waals surface area contributed by atoms with E-state index in [-0.39, 0.29) is 0 Å². The Kier molecular flexibility index (Phi) is 3.68. The first-order chi connectivity index (χ1) is 8.26. The molecule has 2 rings (SSSR count). The predicted molar refractivity (Wildman–Crippen MR) is 74.2 cm³/mol. The van der Waals surface area contributed by atoms with Crippen molar-refractivity contribution < 1.29 is 0 Å². The van der Waals surface area contributed by atoms with Gasteiger partial charge in [-0.05, 0) is 30.9 Å². The fourth-order valence-corrected chi connectivity index (χ4v) is 2.14. The molecule has 1 unspecified atom stereocenters. The summed E-state index contributed by atoms with van der Waals surface area (Å²) in [5.74, 6) is 0. The molecule has 0 saturated carbocycles. The Morgan fingerprint density at radius 3 is 2.35 bits per heavy atom. The molecule has 0 spiro atoms. The Bertz CT molecular complexity index is 468. The van der Waals surface area contributed by atoms with E-state index in [0.29, 0.717) is 6.04 Å². The first kappa shape index (κ1) is 12.0. The Balaban J connectivity index is 2.43. The highest BCUT2D eigenvalue weighted by atomic mass is 15.0. The molecule has 1 heteroatoms. The van der Waals surface area contributed by atoms with Crippen LogP contribution in [0.5, 0.6) is 0 Å². The summed E-state index contributed by atoms with van der Waals surface area (Å²) in [5.41, 5.74) is 4.15. The monoisotopic (exact) mass is 227 g/mol. The van der Waals surface area contributed by atoms with E-state index in [1.165, 1.54) is 23.1 Å². The van der Waals surface area contributed by atoms with Gasteiger partial charge in [-0.3, -0.25) is 0 Å². The van der Waals surface area contributed by atoms with Crippen molar-refractivity contribution in [3.05, 3.63) is 48.3 Å². The molecular weight excluding hydrogens is 206 g/mol. The quantitative estimate of drug-likeness (QED) is 0.714. The Hall–Kier alpha value is -1.50. The summed E-state index contributed by atoms with van der Waals surface area (Å²) >= 11 is 0. The summed E-state index contributed by atoms with van der Waals surface area (Å²) in [6.07, 6.45) is 6.86.